The minimum Gasteiger partial charge on any atom is -0.385 e. The van der Waals surface area contributed by atoms with Crippen molar-refractivity contribution in [3.05, 3.63) is 77.0 Å². The summed E-state index contributed by atoms with van der Waals surface area (Å²) in [4.78, 5) is 30.3. The number of rotatable bonds is 8. The molecule has 0 bridgehead atoms. The number of imide groups is 1. The lowest BCUT2D eigenvalue weighted by Crippen LogP contribution is -2.39. The van der Waals surface area contributed by atoms with Crippen LogP contribution in [0.15, 0.2) is 60.3 Å². The van der Waals surface area contributed by atoms with E-state index in [2.05, 4.69) is 29.2 Å². The van der Waals surface area contributed by atoms with Crippen molar-refractivity contribution >= 4 is 17.4 Å². The average molecular weight is 433 g/mol. The molecular formula is C27H32N2O3. The minimum atomic E-state index is -0.184. The first-order valence-electron chi connectivity index (χ1n) is 11.5. The molecule has 0 unspecified atom stereocenters. The Morgan fingerprint density at radius 3 is 2.28 bits per heavy atom. The number of piperidine rings is 1. The molecule has 168 valence electrons. The van der Waals surface area contributed by atoms with Crippen molar-refractivity contribution in [2.75, 3.05) is 33.4 Å². The molecule has 0 aromatic heterocycles. The van der Waals surface area contributed by atoms with E-state index < -0.39 is 0 Å². The molecule has 5 nitrogen and oxygen atoms in total. The third-order valence-corrected chi connectivity index (χ3v) is 6.51. The molecule has 32 heavy (non-hydrogen) atoms. The molecule has 5 heteroatoms. The van der Waals surface area contributed by atoms with E-state index >= 15 is 0 Å². The van der Waals surface area contributed by atoms with E-state index in [1.165, 1.54) is 10.5 Å². The lowest BCUT2D eigenvalue weighted by Gasteiger charge is -2.34. The van der Waals surface area contributed by atoms with Gasteiger partial charge in [-0.2, -0.15) is 0 Å². The van der Waals surface area contributed by atoms with Crippen LogP contribution in [0.2, 0.25) is 0 Å². The van der Waals surface area contributed by atoms with E-state index in [-0.39, 0.29) is 11.8 Å². The maximum Gasteiger partial charge on any atom is 0.277 e. The molecule has 0 spiro atoms. The third kappa shape index (κ3) is 4.78. The largest absolute Gasteiger partial charge is 0.385 e. The van der Waals surface area contributed by atoms with Crippen LogP contribution in [0.5, 0.6) is 0 Å². The molecule has 0 atom stereocenters. The predicted molar refractivity (Wildman–Crippen MR) is 126 cm³/mol. The fourth-order valence-electron chi connectivity index (χ4n) is 4.72. The fraction of sp³-hybridized carbons (Fsp3) is 0.407. The zero-order valence-electron chi connectivity index (χ0n) is 19.0. The summed E-state index contributed by atoms with van der Waals surface area (Å²) < 4.78 is 5.13. The summed E-state index contributed by atoms with van der Waals surface area (Å²) >= 11 is 0. The Kier molecular flexibility index (Phi) is 7.05. The van der Waals surface area contributed by atoms with Gasteiger partial charge in [-0.25, -0.2) is 0 Å². The van der Waals surface area contributed by atoms with Gasteiger partial charge in [0.2, 0.25) is 0 Å². The Labute approximate surface area is 190 Å². The topological polar surface area (TPSA) is 49.9 Å². The van der Waals surface area contributed by atoms with Crippen molar-refractivity contribution in [1.29, 1.82) is 0 Å². The second kappa shape index (κ2) is 10.1. The van der Waals surface area contributed by atoms with Crippen LogP contribution in [0.1, 0.15) is 36.0 Å². The average Bonchev–Trinajstić information content (AvgIpc) is 3.06. The van der Waals surface area contributed by atoms with E-state index in [1.807, 2.05) is 37.3 Å². The SMILES string of the molecule is COCCCN1C(=O)C(c2ccc(C)cc2)=C(N2CCC(Cc3ccccc3)CC2)C1=O. The van der Waals surface area contributed by atoms with Crippen molar-refractivity contribution in [2.45, 2.75) is 32.6 Å². The number of carbonyl (C=O) groups excluding carboxylic acids is 2. The van der Waals surface area contributed by atoms with Gasteiger partial charge in [0.1, 0.15) is 5.70 Å². The lowest BCUT2D eigenvalue weighted by molar-refractivity contribution is -0.137. The number of methoxy groups -OCH3 is 1. The van der Waals surface area contributed by atoms with Gasteiger partial charge < -0.3 is 9.64 Å². The molecule has 1 fully saturated rings. The van der Waals surface area contributed by atoms with Crippen LogP contribution in [0, 0.1) is 12.8 Å². The number of benzene rings is 2. The van der Waals surface area contributed by atoms with Crippen LogP contribution >= 0.6 is 0 Å². The molecular weight excluding hydrogens is 400 g/mol. The first-order chi connectivity index (χ1) is 15.6. The van der Waals surface area contributed by atoms with Gasteiger partial charge >= 0.3 is 0 Å². The van der Waals surface area contributed by atoms with E-state index in [1.54, 1.807) is 7.11 Å². The standard InChI is InChI=1S/C27H32N2O3/c1-20-9-11-23(12-10-20)24-25(27(31)29(26(24)30)15-6-18-32-2)28-16-13-22(14-17-28)19-21-7-4-3-5-8-21/h3-5,7-12,22H,6,13-19H2,1-2H3. The first kappa shape index (κ1) is 22.3. The molecule has 0 N–H and O–H groups in total. The summed E-state index contributed by atoms with van der Waals surface area (Å²) in [5, 5.41) is 0. The molecule has 0 aliphatic carbocycles. The quantitative estimate of drug-likeness (QED) is 0.466. The zero-order valence-corrected chi connectivity index (χ0v) is 19.0. The first-order valence-corrected chi connectivity index (χ1v) is 11.5. The van der Waals surface area contributed by atoms with Crippen LogP contribution in [0.4, 0.5) is 0 Å². The Balaban J connectivity index is 1.54. The van der Waals surface area contributed by atoms with Crippen LogP contribution < -0.4 is 0 Å². The van der Waals surface area contributed by atoms with Crippen molar-refractivity contribution in [3.8, 4) is 0 Å². The molecule has 2 aromatic rings. The summed E-state index contributed by atoms with van der Waals surface area (Å²) in [7, 11) is 1.63. The molecule has 2 aromatic carbocycles. The Bertz CT molecular complexity index is 974. The number of ether oxygens (including phenoxy) is 1. The van der Waals surface area contributed by atoms with Crippen LogP contribution in [-0.4, -0.2) is 55.0 Å². The van der Waals surface area contributed by atoms with Gasteiger partial charge in [-0.1, -0.05) is 60.2 Å². The number of hydrogen-bond donors (Lipinski definition) is 0. The molecule has 2 aliphatic rings. The van der Waals surface area contributed by atoms with E-state index in [4.69, 9.17) is 4.74 Å². The molecule has 2 aliphatic heterocycles. The Morgan fingerprint density at radius 1 is 0.938 bits per heavy atom. The normalized spacial score (nSPS) is 17.6. The monoisotopic (exact) mass is 432 g/mol. The van der Waals surface area contributed by atoms with Crippen molar-refractivity contribution in [1.82, 2.24) is 9.80 Å². The van der Waals surface area contributed by atoms with E-state index in [0.29, 0.717) is 36.8 Å². The molecule has 0 radical (unpaired) electrons. The number of nitrogens with zero attached hydrogens (tertiary/aromatic N) is 2. The second-order valence-corrected chi connectivity index (χ2v) is 8.82. The molecule has 2 amide bonds. The number of carbonyl (C=O) groups is 2. The van der Waals surface area contributed by atoms with Gasteiger partial charge in [-0.15, -0.1) is 0 Å². The van der Waals surface area contributed by atoms with Gasteiger partial charge in [0.05, 0.1) is 5.57 Å². The number of aryl methyl sites for hydroxylation is 1. The van der Waals surface area contributed by atoms with Gasteiger partial charge in [0.15, 0.2) is 0 Å². The van der Waals surface area contributed by atoms with Gasteiger partial charge in [-0.05, 0) is 49.7 Å². The van der Waals surface area contributed by atoms with Crippen molar-refractivity contribution < 1.29 is 14.3 Å². The maximum absolute atomic E-state index is 13.4. The van der Waals surface area contributed by atoms with Crippen LogP contribution in [0.3, 0.4) is 0 Å². The van der Waals surface area contributed by atoms with Gasteiger partial charge in [-0.3, -0.25) is 14.5 Å². The van der Waals surface area contributed by atoms with Gasteiger partial charge in [0, 0.05) is 33.4 Å². The Morgan fingerprint density at radius 2 is 1.62 bits per heavy atom. The number of amides is 2. The van der Waals surface area contributed by atoms with Crippen LogP contribution in [-0.2, 0) is 20.7 Å². The van der Waals surface area contributed by atoms with Crippen molar-refractivity contribution in [3.63, 3.8) is 0 Å². The lowest BCUT2D eigenvalue weighted by atomic mass is 9.89. The highest BCUT2D eigenvalue weighted by molar-refractivity contribution is 6.35. The molecule has 4 rings (SSSR count). The smallest absolute Gasteiger partial charge is 0.277 e. The highest BCUT2D eigenvalue weighted by Crippen LogP contribution is 2.34. The number of hydrogen-bond acceptors (Lipinski definition) is 4. The summed E-state index contributed by atoms with van der Waals surface area (Å²) in [6.45, 7) is 4.53. The highest BCUT2D eigenvalue weighted by Gasteiger charge is 2.41. The van der Waals surface area contributed by atoms with Gasteiger partial charge in [0.25, 0.3) is 11.8 Å². The van der Waals surface area contributed by atoms with Crippen LogP contribution in [0.25, 0.3) is 5.57 Å². The Hall–Kier alpha value is -2.92. The maximum atomic E-state index is 13.4. The number of likely N-dealkylation sites (tertiary alicyclic amines) is 1. The second-order valence-electron chi connectivity index (χ2n) is 8.82. The van der Waals surface area contributed by atoms with E-state index in [0.717, 1.165) is 43.5 Å². The van der Waals surface area contributed by atoms with E-state index in [9.17, 15) is 9.59 Å². The predicted octanol–water partition coefficient (Wildman–Crippen LogP) is 4.07. The molecule has 0 saturated carbocycles. The third-order valence-electron chi connectivity index (χ3n) is 6.51. The molecule has 1 saturated heterocycles. The van der Waals surface area contributed by atoms with Crippen molar-refractivity contribution in [2.24, 2.45) is 5.92 Å². The summed E-state index contributed by atoms with van der Waals surface area (Å²) in [6, 6.07) is 18.5. The summed E-state index contributed by atoms with van der Waals surface area (Å²) in [5.41, 5.74) is 4.45. The summed E-state index contributed by atoms with van der Waals surface area (Å²) in [6.07, 6.45) is 3.74. The summed E-state index contributed by atoms with van der Waals surface area (Å²) in [5.74, 6) is 0.252. The highest BCUT2D eigenvalue weighted by atomic mass is 16.5. The fourth-order valence-corrected chi connectivity index (χ4v) is 4.72. The minimum absolute atomic E-state index is 0.164. The zero-order chi connectivity index (χ0) is 22.5. The molecule has 2 heterocycles.